The first-order valence-corrected chi connectivity index (χ1v) is 12.4. The fourth-order valence-corrected chi connectivity index (χ4v) is 5.00. The molecule has 0 aromatic carbocycles. The number of hydrogen-bond acceptors (Lipinski definition) is 7. The number of aromatic amines is 1. The third kappa shape index (κ3) is 6.52. The van der Waals surface area contributed by atoms with Crippen molar-refractivity contribution in [1.82, 2.24) is 30.3 Å². The second-order valence-electron chi connectivity index (χ2n) is 10.4. The Morgan fingerprint density at radius 3 is 2.68 bits per heavy atom. The van der Waals surface area contributed by atoms with Crippen LogP contribution >= 0.6 is 13.5 Å². The quantitative estimate of drug-likeness (QED) is 0.428. The lowest BCUT2D eigenvalue weighted by Crippen LogP contribution is -2.54. The molecule has 11 heteroatoms. The SMILES string of the molecule is C=CC(=O)Cc1ccc(Nc2n[nH]c3c2CN(C(=O)N[C@H](CN(C)C)C2CCOCC2)C3(C)C)nc1.S. The lowest BCUT2D eigenvalue weighted by molar-refractivity contribution is -0.114. The van der Waals surface area contributed by atoms with Crippen LogP contribution in [0.4, 0.5) is 16.4 Å². The summed E-state index contributed by atoms with van der Waals surface area (Å²) in [7, 11) is 4.06. The summed E-state index contributed by atoms with van der Waals surface area (Å²) in [4.78, 5) is 33.5. The highest BCUT2D eigenvalue weighted by Gasteiger charge is 2.44. The number of likely N-dealkylation sites (N-methyl/N-ethyl adjacent to an activating group) is 1. The Kier molecular flexibility index (Phi) is 9.38. The lowest BCUT2D eigenvalue weighted by Gasteiger charge is -2.37. The summed E-state index contributed by atoms with van der Waals surface area (Å²) in [6.07, 6.45) is 5.16. The van der Waals surface area contributed by atoms with Crippen LogP contribution in [-0.2, 0) is 28.0 Å². The van der Waals surface area contributed by atoms with Crippen molar-refractivity contribution in [3.05, 3.63) is 47.8 Å². The van der Waals surface area contributed by atoms with Crippen molar-refractivity contribution in [3.63, 3.8) is 0 Å². The Balaban J connectivity index is 0.00000380. The van der Waals surface area contributed by atoms with Gasteiger partial charge in [0.1, 0.15) is 5.82 Å². The molecule has 0 radical (unpaired) electrons. The molecule has 10 nitrogen and oxygen atoms in total. The topological polar surface area (TPSA) is 115 Å². The van der Waals surface area contributed by atoms with Gasteiger partial charge in [-0.1, -0.05) is 12.6 Å². The number of fused-ring (bicyclic) bond motifs is 1. The van der Waals surface area contributed by atoms with Gasteiger partial charge < -0.3 is 25.2 Å². The van der Waals surface area contributed by atoms with E-state index < -0.39 is 5.54 Å². The molecule has 2 aromatic heterocycles. The second kappa shape index (κ2) is 12.1. The molecule has 2 aliphatic rings. The number of ether oxygens (including phenoxy) is 1. The molecule has 2 aromatic rings. The largest absolute Gasteiger partial charge is 0.381 e. The number of allylic oxidation sites excluding steroid dienone is 1. The van der Waals surface area contributed by atoms with Crippen LogP contribution < -0.4 is 10.6 Å². The Morgan fingerprint density at radius 1 is 1.32 bits per heavy atom. The van der Waals surface area contributed by atoms with Gasteiger partial charge in [0, 0.05) is 44.0 Å². The number of amides is 2. The highest BCUT2D eigenvalue weighted by Crippen LogP contribution is 2.41. The summed E-state index contributed by atoms with van der Waals surface area (Å²) >= 11 is 0. The number of carbonyl (C=O) groups is 2. The van der Waals surface area contributed by atoms with Crippen molar-refractivity contribution < 1.29 is 14.3 Å². The molecular formula is C26H39N7O3S. The van der Waals surface area contributed by atoms with E-state index in [2.05, 4.69) is 37.3 Å². The van der Waals surface area contributed by atoms with Gasteiger partial charge in [-0.05, 0) is 64.4 Å². The van der Waals surface area contributed by atoms with Crippen molar-refractivity contribution >= 4 is 36.9 Å². The van der Waals surface area contributed by atoms with Crippen LogP contribution in [0.3, 0.4) is 0 Å². The first kappa shape index (κ1) is 28.7. The fraction of sp³-hybridized carbons (Fsp3) is 0.538. The van der Waals surface area contributed by atoms with Crippen LogP contribution in [0.25, 0.3) is 0 Å². The van der Waals surface area contributed by atoms with Gasteiger partial charge >= 0.3 is 6.03 Å². The number of anilines is 2. The van der Waals surface area contributed by atoms with Gasteiger partial charge in [-0.2, -0.15) is 18.6 Å². The third-order valence-corrected chi connectivity index (χ3v) is 7.10. The predicted molar refractivity (Wildman–Crippen MR) is 148 cm³/mol. The van der Waals surface area contributed by atoms with Gasteiger partial charge in [0.15, 0.2) is 11.6 Å². The van der Waals surface area contributed by atoms with Crippen LogP contribution in [0.2, 0.25) is 0 Å². The molecule has 0 saturated carbocycles. The Bertz CT molecular complexity index is 1090. The normalized spacial score (nSPS) is 17.6. The molecule has 0 spiro atoms. The zero-order chi connectivity index (χ0) is 25.9. The molecule has 202 valence electrons. The van der Waals surface area contributed by atoms with Crippen LogP contribution in [0, 0.1) is 5.92 Å². The zero-order valence-electron chi connectivity index (χ0n) is 22.1. The van der Waals surface area contributed by atoms with E-state index in [-0.39, 0.29) is 37.8 Å². The number of carbonyl (C=O) groups excluding carboxylic acids is 2. The summed E-state index contributed by atoms with van der Waals surface area (Å²) < 4.78 is 5.54. The van der Waals surface area contributed by atoms with Gasteiger partial charge in [0.05, 0.1) is 17.8 Å². The molecule has 4 heterocycles. The second-order valence-corrected chi connectivity index (χ2v) is 10.4. The van der Waals surface area contributed by atoms with E-state index in [1.807, 2.05) is 45.0 Å². The van der Waals surface area contributed by atoms with E-state index in [1.54, 1.807) is 6.20 Å². The lowest BCUT2D eigenvalue weighted by atomic mass is 9.91. The molecule has 2 amide bonds. The van der Waals surface area contributed by atoms with E-state index >= 15 is 0 Å². The summed E-state index contributed by atoms with van der Waals surface area (Å²) in [6.45, 7) is 10.3. The maximum atomic E-state index is 13.5. The maximum Gasteiger partial charge on any atom is 0.318 e. The van der Waals surface area contributed by atoms with E-state index in [0.717, 1.165) is 49.4 Å². The molecule has 3 N–H and O–H groups in total. The van der Waals surface area contributed by atoms with Crippen LogP contribution in [0.1, 0.15) is 43.5 Å². The van der Waals surface area contributed by atoms with E-state index in [4.69, 9.17) is 4.74 Å². The molecule has 4 rings (SSSR count). The van der Waals surface area contributed by atoms with E-state index in [1.165, 1.54) is 6.08 Å². The van der Waals surface area contributed by atoms with Crippen molar-refractivity contribution in [2.75, 3.05) is 39.2 Å². The van der Waals surface area contributed by atoms with E-state index in [9.17, 15) is 9.59 Å². The number of urea groups is 1. The fourth-order valence-electron chi connectivity index (χ4n) is 5.00. The number of pyridine rings is 1. The van der Waals surface area contributed by atoms with Crippen molar-refractivity contribution in [3.8, 4) is 0 Å². The molecule has 37 heavy (non-hydrogen) atoms. The number of nitrogens with one attached hydrogen (secondary N) is 3. The summed E-state index contributed by atoms with van der Waals surface area (Å²) in [6, 6.07) is 3.65. The van der Waals surface area contributed by atoms with Crippen LogP contribution in [-0.4, -0.2) is 76.7 Å². The highest BCUT2D eigenvalue weighted by molar-refractivity contribution is 7.59. The number of hydrogen-bond donors (Lipinski definition) is 3. The van der Waals surface area contributed by atoms with Crippen molar-refractivity contribution in [2.45, 2.75) is 51.2 Å². The molecular weight excluding hydrogens is 490 g/mol. The number of ketones is 1. The minimum Gasteiger partial charge on any atom is -0.381 e. The average Bonchev–Trinajstić information content (AvgIpc) is 3.37. The zero-order valence-corrected chi connectivity index (χ0v) is 23.1. The number of H-pyrrole nitrogens is 1. The van der Waals surface area contributed by atoms with Gasteiger partial charge in [-0.25, -0.2) is 9.78 Å². The first-order valence-electron chi connectivity index (χ1n) is 12.4. The van der Waals surface area contributed by atoms with Gasteiger partial charge in [-0.3, -0.25) is 9.89 Å². The number of aromatic nitrogens is 3. The van der Waals surface area contributed by atoms with Gasteiger partial charge in [0.25, 0.3) is 0 Å². The first-order chi connectivity index (χ1) is 17.2. The molecule has 0 aliphatic carbocycles. The van der Waals surface area contributed by atoms with Crippen molar-refractivity contribution in [1.29, 1.82) is 0 Å². The van der Waals surface area contributed by atoms with Crippen LogP contribution in [0.15, 0.2) is 31.0 Å². The van der Waals surface area contributed by atoms with Crippen molar-refractivity contribution in [2.24, 2.45) is 5.92 Å². The number of nitrogens with zero attached hydrogens (tertiary/aromatic N) is 4. The third-order valence-electron chi connectivity index (χ3n) is 7.10. The summed E-state index contributed by atoms with van der Waals surface area (Å²) in [5, 5.41) is 14.2. The van der Waals surface area contributed by atoms with Crippen LogP contribution in [0.5, 0.6) is 0 Å². The summed E-state index contributed by atoms with van der Waals surface area (Å²) in [5.74, 6) is 1.60. The van der Waals surface area contributed by atoms with E-state index in [0.29, 0.717) is 24.1 Å². The number of rotatable bonds is 9. The molecule has 2 aliphatic heterocycles. The molecule has 0 bridgehead atoms. The van der Waals surface area contributed by atoms with Gasteiger partial charge in [0.2, 0.25) is 0 Å². The average molecular weight is 530 g/mol. The predicted octanol–water partition coefficient (Wildman–Crippen LogP) is 3.08. The Morgan fingerprint density at radius 2 is 2.05 bits per heavy atom. The summed E-state index contributed by atoms with van der Waals surface area (Å²) in [5.41, 5.74) is 2.12. The standard InChI is InChI=1S/C26H37N7O3.H2S/c1-6-19(34)13-17-7-8-22(27-14-17)29-24-20-15-33(26(2,3)23(20)30-31-24)25(35)28-21(16-32(4)5)18-9-11-36-12-10-18;/h6-8,14,18,21H,1,9-13,15-16H2,2-5H3,(H,28,35)(H2,27,29,30,31);1H2/t21-;/m1./s1. The Hall–Kier alpha value is -2.89. The molecule has 1 fully saturated rings. The van der Waals surface area contributed by atoms with Gasteiger partial charge in [-0.15, -0.1) is 0 Å². The maximum absolute atomic E-state index is 13.5. The Labute approximate surface area is 225 Å². The molecule has 1 atom stereocenters. The minimum absolute atomic E-state index is 0. The molecule has 0 unspecified atom stereocenters. The monoisotopic (exact) mass is 529 g/mol. The molecule has 1 saturated heterocycles. The highest BCUT2D eigenvalue weighted by atomic mass is 32.1. The minimum atomic E-state index is -0.549. The smallest absolute Gasteiger partial charge is 0.318 e.